The van der Waals surface area contributed by atoms with E-state index in [9.17, 15) is 9.11 Å². The predicted octanol–water partition coefficient (Wildman–Crippen LogP) is 5.67. The quantitative estimate of drug-likeness (QED) is 0.483. The Morgan fingerprint density at radius 1 is 1.04 bits per heavy atom. The summed E-state index contributed by atoms with van der Waals surface area (Å²) in [5, 5.41) is 5.20. The summed E-state index contributed by atoms with van der Waals surface area (Å²) < 4.78 is 30.3. The second kappa shape index (κ2) is 7.64. The fraction of sp³-hybridized carbons (Fsp3) is 0.273. The Morgan fingerprint density at radius 3 is 2.39 bits per heavy atom. The van der Waals surface area contributed by atoms with Crippen molar-refractivity contribution in [3.63, 3.8) is 0 Å². The van der Waals surface area contributed by atoms with Crippen molar-refractivity contribution >= 4 is 32.9 Å². The highest BCUT2D eigenvalue weighted by Gasteiger charge is 2.41. The summed E-state index contributed by atoms with van der Waals surface area (Å²) in [6.07, 6.45) is 1.35. The van der Waals surface area contributed by atoms with Crippen molar-refractivity contribution < 1.29 is 13.8 Å². The van der Waals surface area contributed by atoms with Crippen LogP contribution in [0.3, 0.4) is 0 Å². The third-order valence-corrected chi connectivity index (χ3v) is 7.04. The fourth-order valence-corrected chi connectivity index (χ4v) is 5.38. The van der Waals surface area contributed by atoms with Gasteiger partial charge in [0.2, 0.25) is 5.44 Å². The standard InChI is InChI=1S/C22H26N2O3S/c1-16-9-11-19(12-10-16)24-20-14-17-6-3-4-7-18(17)15-21(20)27-22(28(24,25)26)8-5-13-23-2/h3-4,6-7,9-12,14-15,22-23,25-26H,5,8,13H2,1-2H3. The minimum atomic E-state index is -3.21. The number of hydrogen-bond donors (Lipinski definition) is 3. The average Bonchev–Trinajstić information content (AvgIpc) is 2.68. The van der Waals surface area contributed by atoms with Crippen molar-refractivity contribution in [1.82, 2.24) is 5.32 Å². The normalized spacial score (nSPS) is 19.1. The minimum absolute atomic E-state index is 0.553. The molecular weight excluding hydrogens is 372 g/mol. The Labute approximate surface area is 167 Å². The van der Waals surface area contributed by atoms with E-state index in [2.05, 4.69) is 5.32 Å². The van der Waals surface area contributed by atoms with Crippen molar-refractivity contribution in [3.05, 3.63) is 66.2 Å². The van der Waals surface area contributed by atoms with E-state index in [0.717, 1.165) is 35.0 Å². The number of ether oxygens (including phenoxy) is 1. The van der Waals surface area contributed by atoms with Crippen molar-refractivity contribution in [2.75, 3.05) is 17.9 Å². The van der Waals surface area contributed by atoms with E-state index in [-0.39, 0.29) is 0 Å². The molecule has 1 heterocycles. The molecular formula is C22H26N2O3S. The summed E-state index contributed by atoms with van der Waals surface area (Å²) in [5.74, 6) is 0.681. The Morgan fingerprint density at radius 2 is 1.71 bits per heavy atom. The van der Waals surface area contributed by atoms with Gasteiger partial charge in [-0.1, -0.05) is 52.7 Å². The molecule has 0 saturated carbocycles. The molecule has 0 radical (unpaired) electrons. The molecule has 4 rings (SSSR count). The highest BCUT2D eigenvalue weighted by molar-refractivity contribution is 8.26. The summed E-state index contributed by atoms with van der Waals surface area (Å²) in [6.45, 7) is 2.81. The van der Waals surface area contributed by atoms with Gasteiger partial charge in [0.1, 0.15) is 11.4 Å². The van der Waals surface area contributed by atoms with Crippen LogP contribution in [-0.2, 0) is 0 Å². The Hall–Kier alpha value is -2.25. The summed E-state index contributed by atoms with van der Waals surface area (Å²) >= 11 is 0. The summed E-state index contributed by atoms with van der Waals surface area (Å²) in [6, 6.07) is 19.8. The molecule has 0 aliphatic carbocycles. The molecule has 0 saturated heterocycles. The smallest absolute Gasteiger partial charge is 0.206 e. The predicted molar refractivity (Wildman–Crippen MR) is 118 cm³/mol. The molecule has 1 atom stereocenters. The third-order valence-electron chi connectivity index (χ3n) is 5.06. The zero-order valence-corrected chi connectivity index (χ0v) is 16.9. The lowest BCUT2D eigenvalue weighted by molar-refractivity contribution is 0.236. The summed E-state index contributed by atoms with van der Waals surface area (Å²) in [4.78, 5) is 0. The zero-order chi connectivity index (χ0) is 19.7. The second-order valence-electron chi connectivity index (χ2n) is 7.15. The van der Waals surface area contributed by atoms with Crippen molar-refractivity contribution in [2.45, 2.75) is 25.2 Å². The molecule has 3 aromatic carbocycles. The van der Waals surface area contributed by atoms with Crippen LogP contribution in [0.1, 0.15) is 18.4 Å². The van der Waals surface area contributed by atoms with Crippen molar-refractivity contribution in [2.24, 2.45) is 0 Å². The number of rotatable bonds is 5. The first-order valence-electron chi connectivity index (χ1n) is 9.49. The zero-order valence-electron chi connectivity index (χ0n) is 16.1. The summed E-state index contributed by atoms with van der Waals surface area (Å²) in [5.41, 5.74) is 1.88. The van der Waals surface area contributed by atoms with Gasteiger partial charge < -0.3 is 10.1 Å². The van der Waals surface area contributed by atoms with E-state index < -0.39 is 16.2 Å². The van der Waals surface area contributed by atoms with Gasteiger partial charge in [0.15, 0.2) is 0 Å². The SMILES string of the molecule is CNCCCC1Oc2cc3ccccc3cc2N(c2ccc(C)cc2)S1(O)O. The molecule has 148 valence electrons. The van der Waals surface area contributed by atoms with Crippen LogP contribution in [0.5, 0.6) is 5.75 Å². The lowest BCUT2D eigenvalue weighted by atomic mass is 10.1. The Kier molecular flexibility index (Phi) is 5.21. The van der Waals surface area contributed by atoms with Crippen LogP contribution in [0.2, 0.25) is 0 Å². The number of hydrogen-bond acceptors (Lipinski definition) is 5. The Bertz CT molecular complexity index is 975. The second-order valence-corrected chi connectivity index (χ2v) is 9.16. The molecule has 3 aromatic rings. The molecule has 0 amide bonds. The van der Waals surface area contributed by atoms with Gasteiger partial charge in [-0.2, -0.15) is 0 Å². The van der Waals surface area contributed by atoms with Crippen LogP contribution in [0, 0.1) is 6.92 Å². The van der Waals surface area contributed by atoms with Gasteiger partial charge in [-0.15, -0.1) is 0 Å². The Balaban J connectivity index is 1.85. The van der Waals surface area contributed by atoms with Crippen LogP contribution < -0.4 is 14.4 Å². The maximum atomic E-state index is 11.3. The van der Waals surface area contributed by atoms with E-state index in [0.29, 0.717) is 17.9 Å². The maximum Gasteiger partial charge on any atom is 0.206 e. The molecule has 5 nitrogen and oxygen atoms in total. The van der Waals surface area contributed by atoms with Gasteiger partial charge in [-0.3, -0.25) is 9.11 Å². The van der Waals surface area contributed by atoms with Crippen LogP contribution in [0.15, 0.2) is 60.7 Å². The van der Waals surface area contributed by atoms with E-state index in [1.54, 1.807) is 4.31 Å². The van der Waals surface area contributed by atoms with Gasteiger partial charge in [-0.25, -0.2) is 4.31 Å². The molecule has 0 aromatic heterocycles. The lowest BCUT2D eigenvalue weighted by Gasteiger charge is -2.52. The third kappa shape index (κ3) is 3.44. The first kappa shape index (κ1) is 19.1. The molecule has 1 aliphatic heterocycles. The molecule has 1 unspecified atom stereocenters. The summed E-state index contributed by atoms with van der Waals surface area (Å²) in [7, 11) is -1.32. The monoisotopic (exact) mass is 398 g/mol. The van der Waals surface area contributed by atoms with Crippen LogP contribution in [0.25, 0.3) is 10.8 Å². The first-order chi connectivity index (χ1) is 13.5. The number of fused-ring (bicyclic) bond motifs is 2. The highest BCUT2D eigenvalue weighted by Crippen LogP contribution is 2.62. The largest absolute Gasteiger partial charge is 0.467 e. The van der Waals surface area contributed by atoms with Gasteiger partial charge in [0.05, 0.1) is 5.69 Å². The average molecular weight is 399 g/mol. The van der Waals surface area contributed by atoms with E-state index in [1.807, 2.05) is 74.6 Å². The van der Waals surface area contributed by atoms with Crippen LogP contribution >= 0.6 is 10.8 Å². The minimum Gasteiger partial charge on any atom is -0.467 e. The molecule has 0 spiro atoms. The fourth-order valence-electron chi connectivity index (χ4n) is 3.57. The molecule has 28 heavy (non-hydrogen) atoms. The number of anilines is 2. The molecule has 6 heteroatoms. The van der Waals surface area contributed by atoms with Gasteiger partial charge in [-0.05, 0) is 62.0 Å². The molecule has 0 fully saturated rings. The molecule has 3 N–H and O–H groups in total. The van der Waals surface area contributed by atoms with Gasteiger partial charge in [0.25, 0.3) is 0 Å². The van der Waals surface area contributed by atoms with E-state index in [4.69, 9.17) is 4.74 Å². The van der Waals surface area contributed by atoms with Crippen LogP contribution in [-0.4, -0.2) is 28.1 Å². The maximum absolute atomic E-state index is 11.3. The van der Waals surface area contributed by atoms with Gasteiger partial charge in [0, 0.05) is 6.42 Å². The van der Waals surface area contributed by atoms with E-state index in [1.165, 1.54) is 0 Å². The number of aryl methyl sites for hydroxylation is 1. The number of nitrogens with one attached hydrogen (secondary N) is 1. The lowest BCUT2D eigenvalue weighted by Crippen LogP contribution is -2.39. The topological polar surface area (TPSA) is 65.0 Å². The van der Waals surface area contributed by atoms with E-state index >= 15 is 0 Å². The van der Waals surface area contributed by atoms with Crippen molar-refractivity contribution in [3.8, 4) is 5.75 Å². The highest BCUT2D eigenvalue weighted by atomic mass is 32.3. The van der Waals surface area contributed by atoms with Gasteiger partial charge >= 0.3 is 0 Å². The first-order valence-corrected chi connectivity index (χ1v) is 11.1. The molecule has 0 bridgehead atoms. The van der Waals surface area contributed by atoms with Crippen molar-refractivity contribution in [1.29, 1.82) is 0 Å². The number of benzene rings is 3. The van der Waals surface area contributed by atoms with Crippen LogP contribution in [0.4, 0.5) is 11.4 Å². The number of nitrogens with zero attached hydrogens (tertiary/aromatic N) is 1. The molecule has 1 aliphatic rings.